The minimum Gasteiger partial charge on any atom is -0.491 e. The predicted octanol–water partition coefficient (Wildman–Crippen LogP) is 1.55. The van der Waals surface area contributed by atoms with E-state index in [2.05, 4.69) is 26.0 Å². The van der Waals surface area contributed by atoms with Gasteiger partial charge in [0, 0.05) is 31.3 Å². The van der Waals surface area contributed by atoms with Crippen LogP contribution in [0.25, 0.3) is 22.6 Å². The molecule has 1 unspecified atom stereocenters. The Kier molecular flexibility index (Phi) is 7.00. The molecule has 12 heteroatoms. The van der Waals surface area contributed by atoms with Crippen molar-refractivity contribution >= 4 is 17.8 Å². The highest BCUT2D eigenvalue weighted by Crippen LogP contribution is 2.33. The topological polar surface area (TPSA) is 155 Å². The first-order chi connectivity index (χ1) is 18.3. The average molecular weight is 522 g/mol. The summed E-state index contributed by atoms with van der Waals surface area (Å²) in [6, 6.07) is 8.86. The summed E-state index contributed by atoms with van der Waals surface area (Å²) in [5.74, 6) is 2.15. The zero-order chi connectivity index (χ0) is 26.9. The molecule has 38 heavy (non-hydrogen) atoms. The summed E-state index contributed by atoms with van der Waals surface area (Å²) in [6.45, 7) is 5.33. The van der Waals surface area contributed by atoms with Crippen LogP contribution in [0.15, 0.2) is 34.9 Å². The quantitative estimate of drug-likeness (QED) is 0.321. The van der Waals surface area contributed by atoms with Crippen molar-refractivity contribution in [3.63, 3.8) is 0 Å². The molecule has 200 valence electrons. The van der Waals surface area contributed by atoms with Gasteiger partial charge in [0.15, 0.2) is 5.82 Å². The molecule has 0 radical (unpaired) electrons. The minimum absolute atomic E-state index is 0.148. The molecule has 0 aliphatic carbocycles. The lowest BCUT2D eigenvalue weighted by atomic mass is 9.87. The number of urea groups is 1. The average Bonchev–Trinajstić information content (AvgIpc) is 3.39. The summed E-state index contributed by atoms with van der Waals surface area (Å²) < 4.78 is 11.2. The summed E-state index contributed by atoms with van der Waals surface area (Å²) >= 11 is 0. The van der Waals surface area contributed by atoms with Gasteiger partial charge in [0.2, 0.25) is 0 Å². The summed E-state index contributed by atoms with van der Waals surface area (Å²) in [6.07, 6.45) is 0.287. The van der Waals surface area contributed by atoms with E-state index >= 15 is 0 Å². The van der Waals surface area contributed by atoms with E-state index < -0.39 is 17.7 Å². The smallest absolute Gasteiger partial charge is 0.322 e. The maximum absolute atomic E-state index is 12.4. The zero-order valence-corrected chi connectivity index (χ0v) is 21.6. The largest absolute Gasteiger partial charge is 0.491 e. The van der Waals surface area contributed by atoms with E-state index in [4.69, 9.17) is 19.2 Å². The number of imide groups is 1. The Morgan fingerprint density at radius 1 is 1.21 bits per heavy atom. The van der Waals surface area contributed by atoms with E-state index in [1.807, 2.05) is 44.2 Å². The third-order valence-electron chi connectivity index (χ3n) is 6.93. The number of aryl methyl sites for hydroxylation is 2. The van der Waals surface area contributed by atoms with Gasteiger partial charge in [0.1, 0.15) is 35.6 Å². The number of carbonyl (C=O) groups excluding carboxylic acids is 2. The highest BCUT2D eigenvalue weighted by atomic mass is 16.5. The number of hydrogen-bond acceptors (Lipinski definition) is 10. The second kappa shape index (κ2) is 10.4. The van der Waals surface area contributed by atoms with E-state index in [0.29, 0.717) is 61.3 Å². The molecule has 4 heterocycles. The van der Waals surface area contributed by atoms with Crippen LogP contribution in [-0.4, -0.2) is 77.1 Å². The number of benzene rings is 1. The van der Waals surface area contributed by atoms with Gasteiger partial charge in [0.05, 0.1) is 17.0 Å². The van der Waals surface area contributed by atoms with E-state index in [1.54, 1.807) is 7.05 Å². The number of nitrogens with one attached hydrogen (secondary N) is 3. The lowest BCUT2D eigenvalue weighted by Gasteiger charge is -2.37. The Hall–Kier alpha value is -4.03. The third-order valence-corrected chi connectivity index (χ3v) is 6.93. The number of likely N-dealkylation sites (N-methyl/N-ethyl adjacent to an activating group) is 1. The molecule has 2 fully saturated rings. The van der Waals surface area contributed by atoms with Crippen molar-refractivity contribution in [2.24, 2.45) is 0 Å². The molecule has 4 N–H and O–H groups in total. The Labute approximate surface area is 219 Å². The van der Waals surface area contributed by atoms with Crippen LogP contribution >= 0.6 is 0 Å². The first-order valence-corrected chi connectivity index (χ1v) is 12.5. The van der Waals surface area contributed by atoms with Gasteiger partial charge in [0.25, 0.3) is 5.91 Å². The normalized spacial score (nSPS) is 17.4. The third kappa shape index (κ3) is 5.04. The number of carbonyl (C=O) groups is 2. The Bertz CT molecular complexity index is 1330. The van der Waals surface area contributed by atoms with Crippen LogP contribution in [-0.2, 0) is 4.79 Å². The summed E-state index contributed by atoms with van der Waals surface area (Å²) in [7, 11) is 1.77. The minimum atomic E-state index is -0.878. The number of piperidine rings is 1. The fourth-order valence-electron chi connectivity index (χ4n) is 4.91. The van der Waals surface area contributed by atoms with Gasteiger partial charge in [-0.15, -0.1) is 0 Å². The molecule has 2 saturated heterocycles. The summed E-state index contributed by atoms with van der Waals surface area (Å²) in [5, 5.41) is 22.2. The molecule has 2 aliphatic heterocycles. The highest BCUT2D eigenvalue weighted by molar-refractivity contribution is 6.07. The molecule has 2 aromatic heterocycles. The van der Waals surface area contributed by atoms with Crippen molar-refractivity contribution in [2.45, 2.75) is 38.3 Å². The molecule has 0 bridgehead atoms. The molecule has 1 aromatic carbocycles. The second-order valence-electron chi connectivity index (χ2n) is 9.66. The lowest BCUT2D eigenvalue weighted by molar-refractivity contribution is -0.124. The van der Waals surface area contributed by atoms with Crippen LogP contribution < -0.4 is 25.6 Å². The standard InChI is InChI=1S/C26H31N7O5/c1-15-22(16(2)38-32-15)20-12-21(33-9-7-26(8-10-33)24(35)30-25(36)31-26)29-23(28-20)17-5-4-6-19(11-17)37-14-18(34)13-27-3/h4-6,11-12,18,27,34H,7-10,13-14H2,1-3H3,(H2,30,31,35,36). The van der Waals surface area contributed by atoms with Gasteiger partial charge in [-0.3, -0.25) is 10.1 Å². The molecule has 3 aromatic rings. The van der Waals surface area contributed by atoms with Gasteiger partial charge in [-0.25, -0.2) is 14.8 Å². The fraction of sp³-hybridized carbons (Fsp3) is 0.423. The number of aromatic nitrogens is 3. The number of aliphatic hydroxyl groups excluding tert-OH is 1. The van der Waals surface area contributed by atoms with Crippen LogP contribution in [0.4, 0.5) is 10.6 Å². The van der Waals surface area contributed by atoms with Gasteiger partial charge in [-0.05, 0) is 45.9 Å². The van der Waals surface area contributed by atoms with E-state index in [1.165, 1.54) is 0 Å². The molecule has 2 aliphatic rings. The Morgan fingerprint density at radius 3 is 2.66 bits per heavy atom. The van der Waals surface area contributed by atoms with Gasteiger partial charge in [-0.2, -0.15) is 0 Å². The Morgan fingerprint density at radius 2 is 2.00 bits per heavy atom. The molecule has 0 saturated carbocycles. The Balaban J connectivity index is 1.46. The molecule has 1 atom stereocenters. The number of aliphatic hydroxyl groups is 1. The molecule has 1 spiro atoms. The summed E-state index contributed by atoms with van der Waals surface area (Å²) in [5.41, 5.74) is 2.06. The number of amides is 3. The van der Waals surface area contributed by atoms with E-state index in [9.17, 15) is 14.7 Å². The van der Waals surface area contributed by atoms with Crippen molar-refractivity contribution in [1.82, 2.24) is 31.1 Å². The fourth-order valence-corrected chi connectivity index (χ4v) is 4.91. The first kappa shape index (κ1) is 25.6. The number of ether oxygens (including phenoxy) is 1. The number of nitrogens with zero attached hydrogens (tertiary/aromatic N) is 4. The first-order valence-electron chi connectivity index (χ1n) is 12.5. The van der Waals surface area contributed by atoms with Crippen molar-refractivity contribution in [1.29, 1.82) is 0 Å². The molecule has 12 nitrogen and oxygen atoms in total. The molecule has 5 rings (SSSR count). The van der Waals surface area contributed by atoms with Crippen molar-refractivity contribution in [3.8, 4) is 28.4 Å². The highest BCUT2D eigenvalue weighted by Gasteiger charge is 2.48. The second-order valence-corrected chi connectivity index (χ2v) is 9.66. The van der Waals surface area contributed by atoms with Crippen LogP contribution in [0.5, 0.6) is 5.75 Å². The SMILES string of the molecule is CNCC(O)COc1cccc(-c2nc(-c3c(C)noc3C)cc(N3CCC4(CC3)NC(=O)NC4=O)n2)c1. The van der Waals surface area contributed by atoms with Crippen molar-refractivity contribution < 1.29 is 24.0 Å². The lowest BCUT2D eigenvalue weighted by Crippen LogP contribution is -2.55. The van der Waals surface area contributed by atoms with E-state index in [-0.39, 0.29) is 12.5 Å². The maximum atomic E-state index is 12.4. The van der Waals surface area contributed by atoms with Gasteiger partial charge < -0.3 is 29.9 Å². The van der Waals surface area contributed by atoms with Gasteiger partial charge in [-0.1, -0.05) is 17.3 Å². The predicted molar refractivity (Wildman–Crippen MR) is 139 cm³/mol. The van der Waals surface area contributed by atoms with Crippen molar-refractivity contribution in [2.75, 3.05) is 38.2 Å². The van der Waals surface area contributed by atoms with Crippen LogP contribution in [0.2, 0.25) is 0 Å². The molecule has 3 amide bonds. The summed E-state index contributed by atoms with van der Waals surface area (Å²) in [4.78, 5) is 36.0. The number of hydrogen-bond donors (Lipinski definition) is 4. The van der Waals surface area contributed by atoms with Crippen LogP contribution in [0.3, 0.4) is 0 Å². The van der Waals surface area contributed by atoms with Crippen LogP contribution in [0.1, 0.15) is 24.3 Å². The van der Waals surface area contributed by atoms with Crippen LogP contribution in [0, 0.1) is 13.8 Å². The van der Waals surface area contributed by atoms with Gasteiger partial charge >= 0.3 is 6.03 Å². The van der Waals surface area contributed by atoms with Crippen molar-refractivity contribution in [3.05, 3.63) is 41.8 Å². The number of rotatable bonds is 8. The molecular weight excluding hydrogens is 490 g/mol. The zero-order valence-electron chi connectivity index (χ0n) is 21.6. The number of anilines is 1. The van der Waals surface area contributed by atoms with E-state index in [0.717, 1.165) is 16.8 Å². The maximum Gasteiger partial charge on any atom is 0.322 e. The monoisotopic (exact) mass is 521 g/mol. The molecular formula is C26H31N7O5.